The van der Waals surface area contributed by atoms with Crippen molar-refractivity contribution in [3.05, 3.63) is 0 Å². The van der Waals surface area contributed by atoms with Crippen molar-refractivity contribution in [1.29, 1.82) is 0 Å². The Morgan fingerprint density at radius 1 is 1.46 bits per heavy atom. The van der Waals surface area contributed by atoms with Crippen molar-refractivity contribution in [2.24, 2.45) is 0 Å². The van der Waals surface area contributed by atoms with E-state index in [1.165, 1.54) is 7.11 Å². The Balaban J connectivity index is 2.64. The Morgan fingerprint density at radius 2 is 2.08 bits per heavy atom. The van der Waals surface area contributed by atoms with Gasteiger partial charge in [0.25, 0.3) is 0 Å². The number of ether oxygens (including phenoxy) is 2. The first-order valence-corrected chi connectivity index (χ1v) is 3.95. The van der Waals surface area contributed by atoms with E-state index in [2.05, 4.69) is 0 Å². The quantitative estimate of drug-likeness (QED) is 0.394. The minimum Gasteiger partial charge on any atom is -0.394 e. The lowest BCUT2D eigenvalue weighted by atomic mass is 10.1. The van der Waals surface area contributed by atoms with E-state index in [9.17, 15) is 10.2 Å². The van der Waals surface area contributed by atoms with Crippen LogP contribution in [0.2, 0.25) is 0 Å². The summed E-state index contributed by atoms with van der Waals surface area (Å²) in [5, 5.41) is 36.2. The summed E-state index contributed by atoms with van der Waals surface area (Å²) in [7, 11) is 1.33. The van der Waals surface area contributed by atoms with Gasteiger partial charge in [-0.15, -0.1) is 0 Å². The second kappa shape index (κ2) is 4.32. The summed E-state index contributed by atoms with van der Waals surface area (Å²) in [4.78, 5) is 0. The number of hydrogen-bond acceptors (Lipinski definition) is 6. The SMILES string of the molecule is CO[C@H]1[C@@H]([C@H](O)CO)OC(O)[C@@H]1O. The average molecular weight is 194 g/mol. The molecule has 13 heavy (non-hydrogen) atoms. The van der Waals surface area contributed by atoms with Crippen LogP contribution in [0.1, 0.15) is 0 Å². The Bertz CT molecular complexity index is 163. The minimum absolute atomic E-state index is 0.510. The molecule has 1 saturated heterocycles. The van der Waals surface area contributed by atoms with Gasteiger partial charge in [-0.25, -0.2) is 0 Å². The first-order chi connectivity index (χ1) is 6.11. The molecule has 0 amide bonds. The second-order valence-electron chi connectivity index (χ2n) is 2.93. The third-order valence-electron chi connectivity index (χ3n) is 2.09. The number of methoxy groups -OCH3 is 1. The molecule has 0 aliphatic carbocycles. The zero-order valence-electron chi connectivity index (χ0n) is 7.20. The van der Waals surface area contributed by atoms with Gasteiger partial charge >= 0.3 is 0 Å². The van der Waals surface area contributed by atoms with E-state index >= 15 is 0 Å². The largest absolute Gasteiger partial charge is 0.394 e. The maximum atomic E-state index is 9.28. The van der Waals surface area contributed by atoms with E-state index in [0.717, 1.165) is 0 Å². The van der Waals surface area contributed by atoms with Crippen LogP contribution in [0.4, 0.5) is 0 Å². The van der Waals surface area contributed by atoms with Crippen LogP contribution in [0, 0.1) is 0 Å². The molecule has 1 fully saturated rings. The third kappa shape index (κ3) is 1.98. The summed E-state index contributed by atoms with van der Waals surface area (Å²) in [6.07, 6.45) is -5.47. The number of aliphatic hydroxyl groups is 4. The van der Waals surface area contributed by atoms with Crippen LogP contribution >= 0.6 is 0 Å². The molecule has 6 nitrogen and oxygen atoms in total. The molecule has 1 heterocycles. The zero-order valence-corrected chi connectivity index (χ0v) is 7.20. The zero-order chi connectivity index (χ0) is 10.0. The van der Waals surface area contributed by atoms with E-state index in [0.29, 0.717) is 0 Å². The van der Waals surface area contributed by atoms with Gasteiger partial charge in [-0.05, 0) is 0 Å². The van der Waals surface area contributed by atoms with Gasteiger partial charge in [0.2, 0.25) is 0 Å². The summed E-state index contributed by atoms with van der Waals surface area (Å²) >= 11 is 0. The highest BCUT2D eigenvalue weighted by Crippen LogP contribution is 2.24. The summed E-state index contributed by atoms with van der Waals surface area (Å²) in [5.74, 6) is 0. The number of aliphatic hydroxyl groups excluding tert-OH is 4. The molecule has 78 valence electrons. The lowest BCUT2D eigenvalue weighted by Gasteiger charge is -2.21. The summed E-state index contributed by atoms with van der Waals surface area (Å²) in [6, 6.07) is 0. The molecular formula is C7H14O6. The Morgan fingerprint density at radius 3 is 2.54 bits per heavy atom. The van der Waals surface area contributed by atoms with Gasteiger partial charge in [0.1, 0.15) is 24.4 Å². The van der Waals surface area contributed by atoms with Crippen molar-refractivity contribution < 1.29 is 29.9 Å². The minimum atomic E-state index is -1.38. The number of hydrogen-bond donors (Lipinski definition) is 4. The molecule has 0 spiro atoms. The molecular weight excluding hydrogens is 180 g/mol. The van der Waals surface area contributed by atoms with Crippen LogP contribution in [-0.2, 0) is 9.47 Å². The van der Waals surface area contributed by atoms with Gasteiger partial charge in [-0.1, -0.05) is 0 Å². The smallest absolute Gasteiger partial charge is 0.184 e. The Kier molecular flexibility index (Phi) is 3.60. The standard InChI is InChI=1S/C7H14O6/c1-12-6-4(10)7(11)13-5(6)3(9)2-8/h3-11H,2H2,1H3/t3-,4-,5-,6-,7?/m1/s1. The summed E-state index contributed by atoms with van der Waals surface area (Å²) in [5.41, 5.74) is 0. The second-order valence-corrected chi connectivity index (χ2v) is 2.93. The average Bonchev–Trinajstić information content (AvgIpc) is 2.42. The first-order valence-electron chi connectivity index (χ1n) is 3.95. The van der Waals surface area contributed by atoms with Crippen LogP contribution in [0.5, 0.6) is 0 Å². The van der Waals surface area contributed by atoms with Gasteiger partial charge < -0.3 is 29.9 Å². The highest BCUT2D eigenvalue weighted by molar-refractivity contribution is 4.90. The normalized spacial score (nSPS) is 42.2. The molecule has 1 rings (SSSR count). The Labute approximate surface area is 75.3 Å². The van der Waals surface area contributed by atoms with Crippen LogP contribution in [-0.4, -0.2) is 64.8 Å². The van der Waals surface area contributed by atoms with E-state index in [1.807, 2.05) is 0 Å². The highest BCUT2D eigenvalue weighted by Gasteiger charge is 2.46. The first kappa shape index (κ1) is 10.8. The van der Waals surface area contributed by atoms with Crippen LogP contribution in [0.25, 0.3) is 0 Å². The van der Waals surface area contributed by atoms with E-state index in [4.69, 9.17) is 19.7 Å². The fourth-order valence-electron chi connectivity index (χ4n) is 1.36. The molecule has 0 bridgehead atoms. The van der Waals surface area contributed by atoms with Crippen LogP contribution in [0.15, 0.2) is 0 Å². The maximum Gasteiger partial charge on any atom is 0.184 e. The van der Waals surface area contributed by atoms with Crippen molar-refractivity contribution in [2.75, 3.05) is 13.7 Å². The molecule has 6 heteroatoms. The monoisotopic (exact) mass is 194 g/mol. The topological polar surface area (TPSA) is 99.4 Å². The van der Waals surface area contributed by atoms with Gasteiger partial charge in [0, 0.05) is 7.11 Å². The molecule has 0 aromatic rings. The molecule has 5 atom stereocenters. The van der Waals surface area contributed by atoms with Crippen molar-refractivity contribution >= 4 is 0 Å². The highest BCUT2D eigenvalue weighted by atomic mass is 16.7. The lowest BCUT2D eigenvalue weighted by molar-refractivity contribution is -0.150. The Hall–Kier alpha value is -0.240. The van der Waals surface area contributed by atoms with Crippen LogP contribution < -0.4 is 0 Å². The van der Waals surface area contributed by atoms with Gasteiger partial charge in [-0.3, -0.25) is 0 Å². The molecule has 1 unspecified atom stereocenters. The summed E-state index contributed by atoms with van der Waals surface area (Å²) in [6.45, 7) is -0.510. The van der Waals surface area contributed by atoms with Crippen molar-refractivity contribution in [1.82, 2.24) is 0 Å². The maximum absolute atomic E-state index is 9.28. The molecule has 1 aliphatic heterocycles. The molecule has 0 aromatic carbocycles. The molecule has 4 N–H and O–H groups in total. The summed E-state index contributed by atoms with van der Waals surface area (Å²) < 4.78 is 9.62. The predicted octanol–water partition coefficient (Wildman–Crippen LogP) is -2.57. The molecule has 0 radical (unpaired) electrons. The molecule has 0 saturated carbocycles. The van der Waals surface area contributed by atoms with Gasteiger partial charge in [-0.2, -0.15) is 0 Å². The van der Waals surface area contributed by atoms with Gasteiger partial charge in [0.15, 0.2) is 6.29 Å². The fraction of sp³-hybridized carbons (Fsp3) is 1.00. The van der Waals surface area contributed by atoms with Crippen molar-refractivity contribution in [3.8, 4) is 0 Å². The fourth-order valence-corrected chi connectivity index (χ4v) is 1.36. The number of rotatable bonds is 3. The van der Waals surface area contributed by atoms with E-state index in [1.54, 1.807) is 0 Å². The van der Waals surface area contributed by atoms with Crippen molar-refractivity contribution in [3.63, 3.8) is 0 Å². The molecule has 1 aliphatic rings. The molecule has 0 aromatic heterocycles. The lowest BCUT2D eigenvalue weighted by Crippen LogP contribution is -2.41. The van der Waals surface area contributed by atoms with E-state index < -0.39 is 37.3 Å². The van der Waals surface area contributed by atoms with E-state index in [-0.39, 0.29) is 0 Å². The third-order valence-corrected chi connectivity index (χ3v) is 2.09. The van der Waals surface area contributed by atoms with Crippen LogP contribution in [0.3, 0.4) is 0 Å². The predicted molar refractivity (Wildman–Crippen MR) is 40.8 cm³/mol. The van der Waals surface area contributed by atoms with Crippen molar-refractivity contribution in [2.45, 2.75) is 30.7 Å². The van der Waals surface area contributed by atoms with Gasteiger partial charge in [0.05, 0.1) is 6.61 Å².